The number of hydrogen-bond acceptors (Lipinski definition) is 4. The van der Waals surface area contributed by atoms with Gasteiger partial charge < -0.3 is 10.1 Å². The molecule has 0 aromatic carbocycles. The fourth-order valence-electron chi connectivity index (χ4n) is 0.457. The predicted octanol–water partition coefficient (Wildman–Crippen LogP) is 1.36. The van der Waals surface area contributed by atoms with E-state index in [0.717, 1.165) is 11.5 Å². The smallest absolute Gasteiger partial charge is 0.358 e. The molecule has 0 spiro atoms. The number of nitro groups is 1. The Morgan fingerprint density at radius 2 is 2.56 bits per heavy atom. The van der Waals surface area contributed by atoms with E-state index in [0.29, 0.717) is 5.56 Å². The standard InChI is InChI=1S/C4H4N2O2S/c1-3-2-9-5-4(3)6(7)8/h2H,1H3. The van der Waals surface area contributed by atoms with Crippen molar-refractivity contribution in [1.82, 2.24) is 4.37 Å². The van der Waals surface area contributed by atoms with E-state index in [-0.39, 0.29) is 5.82 Å². The van der Waals surface area contributed by atoms with E-state index in [4.69, 9.17) is 0 Å². The fourth-order valence-corrected chi connectivity index (χ4v) is 1.08. The Bertz CT molecular complexity index is 232. The molecule has 5 heteroatoms. The Morgan fingerprint density at radius 1 is 1.89 bits per heavy atom. The Morgan fingerprint density at radius 3 is 2.78 bits per heavy atom. The molecule has 0 bridgehead atoms. The van der Waals surface area contributed by atoms with Crippen LogP contribution in [-0.4, -0.2) is 9.30 Å². The zero-order chi connectivity index (χ0) is 6.85. The van der Waals surface area contributed by atoms with Crippen LogP contribution in [0.1, 0.15) is 5.56 Å². The van der Waals surface area contributed by atoms with Crippen molar-refractivity contribution in [2.75, 3.05) is 0 Å². The highest BCUT2D eigenvalue weighted by Crippen LogP contribution is 2.15. The highest BCUT2D eigenvalue weighted by molar-refractivity contribution is 7.03. The highest BCUT2D eigenvalue weighted by atomic mass is 32.1. The first-order chi connectivity index (χ1) is 4.22. The molecule has 0 unspecified atom stereocenters. The van der Waals surface area contributed by atoms with Gasteiger partial charge in [-0.2, -0.15) is 0 Å². The van der Waals surface area contributed by atoms with Gasteiger partial charge in [0, 0.05) is 9.75 Å². The molecule has 0 amide bonds. The van der Waals surface area contributed by atoms with Gasteiger partial charge in [-0.05, 0) is 11.8 Å². The summed E-state index contributed by atoms with van der Waals surface area (Å²) in [5.74, 6) is -0.0278. The molecule has 0 atom stereocenters. The van der Waals surface area contributed by atoms with Crippen LogP contribution in [0, 0.1) is 17.0 Å². The van der Waals surface area contributed by atoms with Crippen molar-refractivity contribution >= 4 is 17.4 Å². The molecule has 0 aliphatic rings. The van der Waals surface area contributed by atoms with Gasteiger partial charge in [0.25, 0.3) is 0 Å². The van der Waals surface area contributed by atoms with Crippen molar-refractivity contribution in [2.24, 2.45) is 0 Å². The summed E-state index contributed by atoms with van der Waals surface area (Å²) in [4.78, 5) is 9.55. The lowest BCUT2D eigenvalue weighted by Crippen LogP contribution is -1.88. The number of nitrogens with zero attached hydrogens (tertiary/aromatic N) is 2. The molecular formula is C4H4N2O2S. The van der Waals surface area contributed by atoms with Crippen molar-refractivity contribution in [3.8, 4) is 0 Å². The van der Waals surface area contributed by atoms with E-state index < -0.39 is 4.92 Å². The summed E-state index contributed by atoms with van der Waals surface area (Å²) < 4.78 is 3.56. The highest BCUT2D eigenvalue weighted by Gasteiger charge is 2.11. The molecular weight excluding hydrogens is 140 g/mol. The van der Waals surface area contributed by atoms with Crippen LogP contribution in [-0.2, 0) is 0 Å². The molecule has 1 aromatic rings. The molecule has 0 fully saturated rings. The minimum atomic E-state index is -0.480. The van der Waals surface area contributed by atoms with E-state index in [1.165, 1.54) is 0 Å². The van der Waals surface area contributed by atoms with Gasteiger partial charge in [0.1, 0.15) is 0 Å². The van der Waals surface area contributed by atoms with Crippen LogP contribution in [0.5, 0.6) is 0 Å². The number of rotatable bonds is 1. The summed E-state index contributed by atoms with van der Waals surface area (Å²) in [6.07, 6.45) is 0. The van der Waals surface area contributed by atoms with Crippen LogP contribution < -0.4 is 0 Å². The van der Waals surface area contributed by atoms with Gasteiger partial charge in [0.15, 0.2) is 0 Å². The molecule has 0 saturated carbocycles. The average molecular weight is 144 g/mol. The monoisotopic (exact) mass is 144 g/mol. The predicted molar refractivity (Wildman–Crippen MR) is 33.5 cm³/mol. The molecule has 0 radical (unpaired) electrons. The second-order valence-corrected chi connectivity index (χ2v) is 2.21. The summed E-state index contributed by atoms with van der Waals surface area (Å²) in [5, 5.41) is 11.7. The number of hydrogen-bond donors (Lipinski definition) is 0. The summed E-state index contributed by atoms with van der Waals surface area (Å²) >= 11 is 1.10. The molecule has 48 valence electrons. The van der Waals surface area contributed by atoms with Gasteiger partial charge in [-0.25, -0.2) is 0 Å². The summed E-state index contributed by atoms with van der Waals surface area (Å²) in [5.41, 5.74) is 0.630. The second kappa shape index (κ2) is 2.10. The first kappa shape index (κ1) is 6.15. The van der Waals surface area contributed by atoms with Crippen LogP contribution in [0.15, 0.2) is 5.38 Å². The normalized spacial score (nSPS) is 9.44. The molecule has 1 heterocycles. The zero-order valence-corrected chi connectivity index (χ0v) is 5.51. The van der Waals surface area contributed by atoms with Crippen LogP contribution in [0.4, 0.5) is 5.82 Å². The third-order valence-corrected chi connectivity index (χ3v) is 1.63. The minimum absolute atomic E-state index is 0.0278. The van der Waals surface area contributed by atoms with E-state index in [1.54, 1.807) is 12.3 Å². The lowest BCUT2D eigenvalue weighted by Gasteiger charge is -1.85. The quantitative estimate of drug-likeness (QED) is 0.441. The Kier molecular flexibility index (Phi) is 1.44. The molecule has 0 N–H and O–H groups in total. The van der Waals surface area contributed by atoms with E-state index >= 15 is 0 Å². The first-order valence-corrected chi connectivity index (χ1v) is 3.11. The maximum Gasteiger partial charge on any atom is 0.381 e. The van der Waals surface area contributed by atoms with Crippen molar-refractivity contribution < 1.29 is 4.92 Å². The SMILES string of the molecule is Cc1csnc1[N+](=O)[O-]. The van der Waals surface area contributed by atoms with E-state index in [9.17, 15) is 10.1 Å². The third kappa shape index (κ3) is 1.05. The van der Waals surface area contributed by atoms with Crippen molar-refractivity contribution in [3.05, 3.63) is 21.1 Å². The Hall–Kier alpha value is -0.970. The molecule has 0 aliphatic carbocycles. The van der Waals surface area contributed by atoms with E-state index in [1.807, 2.05) is 0 Å². The van der Waals surface area contributed by atoms with Crippen LogP contribution in [0.3, 0.4) is 0 Å². The van der Waals surface area contributed by atoms with Gasteiger partial charge in [-0.3, -0.25) is 0 Å². The maximum atomic E-state index is 10.0. The largest absolute Gasteiger partial charge is 0.381 e. The van der Waals surface area contributed by atoms with Crippen molar-refractivity contribution in [1.29, 1.82) is 0 Å². The number of aryl methyl sites for hydroxylation is 1. The number of aromatic nitrogens is 1. The molecule has 1 aromatic heterocycles. The maximum absolute atomic E-state index is 10.0. The Labute approximate surface area is 55.5 Å². The van der Waals surface area contributed by atoms with Gasteiger partial charge in [0.2, 0.25) is 0 Å². The lowest BCUT2D eigenvalue weighted by atomic mass is 10.4. The van der Waals surface area contributed by atoms with Gasteiger partial charge in [0.05, 0.1) is 17.1 Å². The van der Waals surface area contributed by atoms with Crippen molar-refractivity contribution in [3.63, 3.8) is 0 Å². The van der Waals surface area contributed by atoms with Crippen LogP contribution in [0.2, 0.25) is 0 Å². The average Bonchev–Trinajstić information content (AvgIpc) is 2.13. The molecule has 0 aliphatic heterocycles. The summed E-state index contributed by atoms with van der Waals surface area (Å²) in [7, 11) is 0. The lowest BCUT2D eigenvalue weighted by molar-refractivity contribution is -0.389. The topological polar surface area (TPSA) is 56.0 Å². The molecule has 1 rings (SSSR count). The third-order valence-electron chi connectivity index (χ3n) is 0.894. The van der Waals surface area contributed by atoms with E-state index in [2.05, 4.69) is 4.37 Å². The van der Waals surface area contributed by atoms with Crippen molar-refractivity contribution in [2.45, 2.75) is 6.92 Å². The minimum Gasteiger partial charge on any atom is -0.358 e. The van der Waals surface area contributed by atoms with Gasteiger partial charge >= 0.3 is 5.82 Å². The van der Waals surface area contributed by atoms with Gasteiger partial charge in [-0.1, -0.05) is 0 Å². The first-order valence-electron chi connectivity index (χ1n) is 2.27. The van der Waals surface area contributed by atoms with Crippen LogP contribution >= 0.6 is 11.5 Å². The summed E-state index contributed by atoms with van der Waals surface area (Å²) in [6.45, 7) is 1.67. The second-order valence-electron chi connectivity index (χ2n) is 1.58. The fraction of sp³-hybridized carbons (Fsp3) is 0.250. The van der Waals surface area contributed by atoms with Crippen LogP contribution in [0.25, 0.3) is 0 Å². The molecule has 9 heavy (non-hydrogen) atoms. The Balaban J connectivity index is 3.08. The summed E-state index contributed by atoms with van der Waals surface area (Å²) in [6, 6.07) is 0. The van der Waals surface area contributed by atoms with Gasteiger partial charge in [-0.15, -0.1) is 0 Å². The molecule has 4 nitrogen and oxygen atoms in total. The molecule has 0 saturated heterocycles. The zero-order valence-electron chi connectivity index (χ0n) is 4.70.